The van der Waals surface area contributed by atoms with E-state index < -0.39 is 5.54 Å². The zero-order valence-corrected chi connectivity index (χ0v) is 12.4. The van der Waals surface area contributed by atoms with Gasteiger partial charge in [-0.2, -0.15) is 0 Å². The average Bonchev–Trinajstić information content (AvgIpc) is 2.92. The molecule has 0 saturated carbocycles. The second kappa shape index (κ2) is 6.58. The fourth-order valence-electron chi connectivity index (χ4n) is 2.19. The molecule has 2 heterocycles. The third-order valence-corrected chi connectivity index (χ3v) is 3.50. The topological polar surface area (TPSA) is 90.0 Å². The summed E-state index contributed by atoms with van der Waals surface area (Å²) in [6.07, 6.45) is 6.11. The zero-order chi connectivity index (χ0) is 15.3. The van der Waals surface area contributed by atoms with Gasteiger partial charge in [-0.25, -0.2) is 9.78 Å². The Bertz CT molecular complexity index is 610. The SMILES string of the molecule is CCCCC(C)(CO)NC(=O)Nc1cnc2[nH]ccc2c1. The average molecular weight is 290 g/mol. The van der Waals surface area contributed by atoms with Crippen LogP contribution in [-0.2, 0) is 0 Å². The lowest BCUT2D eigenvalue weighted by molar-refractivity contribution is 0.166. The Morgan fingerprint density at radius 1 is 1.52 bits per heavy atom. The largest absolute Gasteiger partial charge is 0.394 e. The van der Waals surface area contributed by atoms with E-state index in [2.05, 4.69) is 27.5 Å². The van der Waals surface area contributed by atoms with Crippen molar-refractivity contribution in [2.45, 2.75) is 38.6 Å². The van der Waals surface area contributed by atoms with E-state index >= 15 is 0 Å². The van der Waals surface area contributed by atoms with Crippen LogP contribution in [0.2, 0.25) is 0 Å². The molecule has 1 unspecified atom stereocenters. The Kier molecular flexibility index (Phi) is 4.80. The van der Waals surface area contributed by atoms with Gasteiger partial charge in [0.1, 0.15) is 5.65 Å². The van der Waals surface area contributed by atoms with E-state index in [1.807, 2.05) is 19.1 Å². The van der Waals surface area contributed by atoms with Gasteiger partial charge in [0.25, 0.3) is 0 Å². The van der Waals surface area contributed by atoms with Crippen LogP contribution in [0.1, 0.15) is 33.1 Å². The molecule has 0 aliphatic carbocycles. The number of hydrogen-bond acceptors (Lipinski definition) is 3. The van der Waals surface area contributed by atoms with Crippen LogP contribution in [0.15, 0.2) is 24.5 Å². The molecular weight excluding hydrogens is 268 g/mol. The van der Waals surface area contributed by atoms with Crippen LogP contribution in [0.3, 0.4) is 0 Å². The molecule has 2 aromatic heterocycles. The van der Waals surface area contributed by atoms with E-state index in [0.717, 1.165) is 30.3 Å². The van der Waals surface area contributed by atoms with Gasteiger partial charge in [-0.3, -0.25) is 0 Å². The lowest BCUT2D eigenvalue weighted by atomic mass is 9.96. The number of aromatic amines is 1. The number of aliphatic hydroxyl groups excluding tert-OH is 1. The van der Waals surface area contributed by atoms with Gasteiger partial charge in [-0.15, -0.1) is 0 Å². The number of hydrogen-bond donors (Lipinski definition) is 4. The highest BCUT2D eigenvalue weighted by atomic mass is 16.3. The van der Waals surface area contributed by atoms with Crippen molar-refractivity contribution in [3.05, 3.63) is 24.5 Å². The first-order valence-electron chi connectivity index (χ1n) is 7.19. The quantitative estimate of drug-likeness (QED) is 0.659. The number of amides is 2. The summed E-state index contributed by atoms with van der Waals surface area (Å²) in [5.74, 6) is 0. The van der Waals surface area contributed by atoms with Crippen LogP contribution in [0.25, 0.3) is 11.0 Å². The number of H-pyrrole nitrogens is 1. The van der Waals surface area contributed by atoms with Crippen LogP contribution in [0, 0.1) is 0 Å². The first kappa shape index (κ1) is 15.3. The summed E-state index contributed by atoms with van der Waals surface area (Å²) in [6, 6.07) is 3.41. The number of carbonyl (C=O) groups is 1. The van der Waals surface area contributed by atoms with Gasteiger partial charge in [0.15, 0.2) is 0 Å². The molecule has 4 N–H and O–H groups in total. The van der Waals surface area contributed by atoms with Gasteiger partial charge < -0.3 is 20.7 Å². The molecule has 1 atom stereocenters. The van der Waals surface area contributed by atoms with E-state index in [4.69, 9.17) is 0 Å². The molecular formula is C15H22N4O2. The number of nitrogens with one attached hydrogen (secondary N) is 3. The summed E-state index contributed by atoms with van der Waals surface area (Å²) in [5.41, 5.74) is 0.797. The molecule has 0 fully saturated rings. The molecule has 21 heavy (non-hydrogen) atoms. The van der Waals surface area contributed by atoms with E-state index in [0.29, 0.717) is 5.69 Å². The summed E-state index contributed by atoms with van der Waals surface area (Å²) in [6.45, 7) is 3.83. The maximum atomic E-state index is 12.1. The van der Waals surface area contributed by atoms with Crippen LogP contribution >= 0.6 is 0 Å². The Balaban J connectivity index is 1.99. The van der Waals surface area contributed by atoms with E-state index in [9.17, 15) is 9.90 Å². The molecule has 2 rings (SSSR count). The second-order valence-electron chi connectivity index (χ2n) is 5.54. The minimum absolute atomic E-state index is 0.0878. The number of carbonyl (C=O) groups excluding carboxylic acids is 1. The van der Waals surface area contributed by atoms with Crippen molar-refractivity contribution < 1.29 is 9.90 Å². The third kappa shape index (κ3) is 3.95. The van der Waals surface area contributed by atoms with Gasteiger partial charge >= 0.3 is 6.03 Å². The zero-order valence-electron chi connectivity index (χ0n) is 12.4. The Morgan fingerprint density at radius 3 is 3.05 bits per heavy atom. The van der Waals surface area contributed by atoms with Crippen LogP contribution < -0.4 is 10.6 Å². The lowest BCUT2D eigenvalue weighted by Crippen LogP contribution is -2.50. The molecule has 114 valence electrons. The van der Waals surface area contributed by atoms with Crippen LogP contribution in [0.4, 0.5) is 10.5 Å². The summed E-state index contributed by atoms with van der Waals surface area (Å²) in [4.78, 5) is 19.3. The van der Waals surface area contributed by atoms with Crippen molar-refractivity contribution in [2.75, 3.05) is 11.9 Å². The monoisotopic (exact) mass is 290 g/mol. The minimum atomic E-state index is -0.605. The summed E-state index contributed by atoms with van der Waals surface area (Å²) < 4.78 is 0. The molecule has 0 saturated heterocycles. The van der Waals surface area contributed by atoms with E-state index in [1.165, 1.54) is 0 Å². The van der Waals surface area contributed by atoms with Crippen LogP contribution in [-0.4, -0.2) is 33.3 Å². The molecule has 2 aromatic rings. The highest BCUT2D eigenvalue weighted by molar-refractivity contribution is 5.91. The molecule has 0 aromatic carbocycles. The maximum absolute atomic E-state index is 12.1. The van der Waals surface area contributed by atoms with Crippen molar-refractivity contribution in [3.63, 3.8) is 0 Å². The summed E-state index contributed by atoms with van der Waals surface area (Å²) in [5, 5.41) is 16.0. The molecule has 2 amide bonds. The van der Waals surface area contributed by atoms with Gasteiger partial charge in [0.05, 0.1) is 24.0 Å². The number of aliphatic hydroxyl groups is 1. The molecule has 0 radical (unpaired) electrons. The molecule has 0 aliphatic heterocycles. The smallest absolute Gasteiger partial charge is 0.319 e. The van der Waals surface area contributed by atoms with Crippen molar-refractivity contribution in [2.24, 2.45) is 0 Å². The Labute approximate surface area is 124 Å². The van der Waals surface area contributed by atoms with Crippen molar-refractivity contribution in [1.82, 2.24) is 15.3 Å². The number of pyridine rings is 1. The van der Waals surface area contributed by atoms with E-state index in [1.54, 1.807) is 12.4 Å². The fraction of sp³-hybridized carbons (Fsp3) is 0.467. The van der Waals surface area contributed by atoms with Gasteiger partial charge in [0.2, 0.25) is 0 Å². The first-order valence-corrected chi connectivity index (χ1v) is 7.19. The number of anilines is 1. The maximum Gasteiger partial charge on any atom is 0.319 e. The van der Waals surface area contributed by atoms with Gasteiger partial charge in [-0.05, 0) is 25.5 Å². The Morgan fingerprint density at radius 2 is 2.33 bits per heavy atom. The fourth-order valence-corrected chi connectivity index (χ4v) is 2.19. The number of nitrogens with zero attached hydrogens (tertiary/aromatic N) is 1. The standard InChI is InChI=1S/C15H22N4O2/c1-3-4-6-15(2,10-20)19-14(21)18-12-8-11-5-7-16-13(11)17-9-12/h5,7-9,20H,3-4,6,10H2,1-2H3,(H,16,17)(H2,18,19,21). The molecule has 0 bridgehead atoms. The first-order chi connectivity index (χ1) is 10.1. The summed E-state index contributed by atoms with van der Waals surface area (Å²) in [7, 11) is 0. The number of fused-ring (bicyclic) bond motifs is 1. The lowest BCUT2D eigenvalue weighted by Gasteiger charge is -2.28. The Hall–Kier alpha value is -2.08. The summed E-state index contributed by atoms with van der Waals surface area (Å²) >= 11 is 0. The normalized spacial score (nSPS) is 13.9. The van der Waals surface area contributed by atoms with Crippen molar-refractivity contribution in [3.8, 4) is 0 Å². The number of aromatic nitrogens is 2. The minimum Gasteiger partial charge on any atom is -0.394 e. The molecule has 0 aliphatic rings. The predicted octanol–water partition coefficient (Wildman–Crippen LogP) is 2.63. The number of rotatable bonds is 6. The third-order valence-electron chi connectivity index (χ3n) is 3.50. The highest BCUT2D eigenvalue weighted by Gasteiger charge is 2.24. The highest BCUT2D eigenvalue weighted by Crippen LogP contribution is 2.16. The van der Waals surface area contributed by atoms with E-state index in [-0.39, 0.29) is 12.6 Å². The molecule has 6 heteroatoms. The van der Waals surface area contributed by atoms with Gasteiger partial charge in [-0.1, -0.05) is 19.8 Å². The van der Waals surface area contributed by atoms with Gasteiger partial charge in [0, 0.05) is 11.6 Å². The molecule has 6 nitrogen and oxygen atoms in total. The predicted molar refractivity (Wildman–Crippen MR) is 83.3 cm³/mol. The molecule has 0 spiro atoms. The van der Waals surface area contributed by atoms with Crippen molar-refractivity contribution in [1.29, 1.82) is 0 Å². The van der Waals surface area contributed by atoms with Crippen molar-refractivity contribution >= 4 is 22.8 Å². The van der Waals surface area contributed by atoms with Crippen LogP contribution in [0.5, 0.6) is 0 Å². The number of unbranched alkanes of at least 4 members (excludes halogenated alkanes) is 1. The number of urea groups is 1. The second-order valence-corrected chi connectivity index (χ2v) is 5.54.